The zero-order chi connectivity index (χ0) is 6.57. The molecule has 0 radical (unpaired) electrons. The maximum Gasteiger partial charge on any atom is 0.326 e. The summed E-state index contributed by atoms with van der Waals surface area (Å²) in [5, 5.41) is 0. The molecular weight excluding hydrogens is 186 g/mol. The molecule has 0 spiro atoms. The Morgan fingerprint density at radius 3 is 1.62 bits per heavy atom. The zero-order valence-corrected chi connectivity index (χ0v) is 7.83. The van der Waals surface area contributed by atoms with Gasteiger partial charge in [0, 0.05) is 0 Å². The average molecular weight is 194 g/mol. The third-order valence-corrected chi connectivity index (χ3v) is 0.500. The standard InChI is InChI=1S/C3H6O.Cl3HSi/c1-3-2-4-3;1-4(2)3/h3H,2H2,1H3;4H. The lowest BCUT2D eigenvalue weighted by molar-refractivity contribution is 0.423. The van der Waals surface area contributed by atoms with Gasteiger partial charge < -0.3 is 4.74 Å². The maximum atomic E-state index is 4.94. The van der Waals surface area contributed by atoms with Crippen LogP contribution in [-0.2, 0) is 4.74 Å². The second kappa shape index (κ2) is 4.88. The summed E-state index contributed by atoms with van der Waals surface area (Å²) in [6, 6.07) is 0. The summed E-state index contributed by atoms with van der Waals surface area (Å²) in [4.78, 5) is 0. The van der Waals surface area contributed by atoms with Crippen LogP contribution in [0.4, 0.5) is 0 Å². The molecule has 1 fully saturated rings. The second-order valence-corrected chi connectivity index (χ2v) is 7.82. The summed E-state index contributed by atoms with van der Waals surface area (Å²) < 4.78 is 4.71. The summed E-state index contributed by atoms with van der Waals surface area (Å²) in [5.41, 5.74) is 0. The minimum Gasteiger partial charge on any atom is -0.373 e. The third-order valence-electron chi connectivity index (χ3n) is 0.500. The molecule has 1 atom stereocenters. The molecule has 1 saturated heterocycles. The number of rotatable bonds is 0. The van der Waals surface area contributed by atoms with Gasteiger partial charge >= 0.3 is 6.73 Å². The van der Waals surface area contributed by atoms with Crippen LogP contribution in [0.25, 0.3) is 0 Å². The van der Waals surface area contributed by atoms with Gasteiger partial charge in [0.1, 0.15) is 0 Å². The van der Waals surface area contributed by atoms with Gasteiger partial charge in [0.15, 0.2) is 0 Å². The van der Waals surface area contributed by atoms with E-state index in [9.17, 15) is 0 Å². The first-order valence-corrected chi connectivity index (χ1v) is 7.40. The molecule has 0 N–H and O–H groups in total. The van der Waals surface area contributed by atoms with Gasteiger partial charge in [-0.25, -0.2) is 0 Å². The molecular formula is C3H7Cl3OSi. The van der Waals surface area contributed by atoms with E-state index in [4.69, 9.17) is 38.0 Å². The van der Waals surface area contributed by atoms with Gasteiger partial charge in [0.25, 0.3) is 0 Å². The molecule has 8 heavy (non-hydrogen) atoms. The van der Waals surface area contributed by atoms with E-state index in [0.29, 0.717) is 6.10 Å². The molecule has 1 heterocycles. The van der Waals surface area contributed by atoms with Crippen molar-refractivity contribution in [1.29, 1.82) is 0 Å². The predicted molar refractivity (Wildman–Crippen MR) is 40.1 cm³/mol. The first kappa shape index (κ1) is 9.05. The van der Waals surface area contributed by atoms with Crippen molar-refractivity contribution in [1.82, 2.24) is 0 Å². The molecule has 0 aliphatic carbocycles. The van der Waals surface area contributed by atoms with Crippen LogP contribution in [0, 0.1) is 0 Å². The quantitative estimate of drug-likeness (QED) is 0.325. The minimum absolute atomic E-state index is 0.583. The van der Waals surface area contributed by atoms with E-state index in [1.54, 1.807) is 0 Å². The van der Waals surface area contributed by atoms with Crippen molar-refractivity contribution in [2.75, 3.05) is 6.61 Å². The van der Waals surface area contributed by atoms with Crippen molar-refractivity contribution in [2.45, 2.75) is 13.0 Å². The highest BCUT2D eigenvalue weighted by Crippen LogP contribution is 2.04. The molecule has 0 saturated carbocycles. The fourth-order valence-corrected chi connectivity index (χ4v) is 0.0962. The lowest BCUT2D eigenvalue weighted by Crippen LogP contribution is -1.66. The summed E-state index contributed by atoms with van der Waals surface area (Å²) in [5.74, 6) is 0. The van der Waals surface area contributed by atoms with E-state index >= 15 is 0 Å². The van der Waals surface area contributed by atoms with Crippen LogP contribution in [0.1, 0.15) is 6.92 Å². The van der Waals surface area contributed by atoms with Gasteiger partial charge in [0.05, 0.1) is 12.7 Å². The van der Waals surface area contributed by atoms with Crippen molar-refractivity contribution in [2.24, 2.45) is 0 Å². The Bertz CT molecular complexity index is 53.7. The zero-order valence-electron chi connectivity index (χ0n) is 4.40. The third kappa shape index (κ3) is 15.7. The molecule has 0 amide bonds. The van der Waals surface area contributed by atoms with Gasteiger partial charge in [-0.15, -0.1) is 33.2 Å². The highest BCUT2D eigenvalue weighted by molar-refractivity contribution is 7.54. The summed E-state index contributed by atoms with van der Waals surface area (Å²) in [6.07, 6.45) is 0.583. The van der Waals surface area contributed by atoms with Gasteiger partial charge in [-0.3, -0.25) is 0 Å². The monoisotopic (exact) mass is 192 g/mol. The van der Waals surface area contributed by atoms with Crippen LogP contribution >= 0.6 is 33.2 Å². The van der Waals surface area contributed by atoms with E-state index in [1.807, 2.05) is 0 Å². The van der Waals surface area contributed by atoms with Crippen molar-refractivity contribution in [3.63, 3.8) is 0 Å². The smallest absolute Gasteiger partial charge is 0.326 e. The van der Waals surface area contributed by atoms with Gasteiger partial charge in [0.2, 0.25) is 0 Å². The number of epoxide rings is 1. The lowest BCUT2D eigenvalue weighted by atomic mass is 10.6. The number of hydrogen-bond donors (Lipinski definition) is 0. The topological polar surface area (TPSA) is 12.5 Å². The van der Waals surface area contributed by atoms with Crippen LogP contribution in [0.15, 0.2) is 0 Å². The molecule has 1 aliphatic rings. The second-order valence-electron chi connectivity index (χ2n) is 1.39. The Hall–Kier alpha value is 1.05. The molecule has 1 nitrogen and oxygen atoms in total. The molecule has 1 rings (SSSR count). The summed E-state index contributed by atoms with van der Waals surface area (Å²) >= 11 is 14.8. The number of ether oxygens (including phenoxy) is 1. The molecule has 5 heteroatoms. The van der Waals surface area contributed by atoms with Crippen molar-refractivity contribution < 1.29 is 4.74 Å². The first-order chi connectivity index (χ1) is 3.63. The van der Waals surface area contributed by atoms with Crippen molar-refractivity contribution >= 4 is 40.0 Å². The number of hydrogen-bond acceptors (Lipinski definition) is 1. The Balaban J connectivity index is 0.000000122. The van der Waals surface area contributed by atoms with E-state index in [2.05, 4.69) is 6.92 Å². The molecule has 0 bridgehead atoms. The van der Waals surface area contributed by atoms with Crippen LogP contribution < -0.4 is 0 Å². The first-order valence-electron chi connectivity index (χ1n) is 2.16. The molecule has 0 aromatic carbocycles. The minimum atomic E-state index is -1.72. The van der Waals surface area contributed by atoms with Crippen molar-refractivity contribution in [3.05, 3.63) is 0 Å². The van der Waals surface area contributed by atoms with Crippen LogP contribution in [-0.4, -0.2) is 19.4 Å². The SMILES string of the molecule is CC1CO1.Cl[SiH](Cl)Cl. The van der Waals surface area contributed by atoms with E-state index in [-0.39, 0.29) is 0 Å². The predicted octanol–water partition coefficient (Wildman–Crippen LogP) is 1.83. The van der Waals surface area contributed by atoms with Crippen LogP contribution in [0.5, 0.6) is 0 Å². The molecule has 0 aromatic rings. The fraction of sp³-hybridized carbons (Fsp3) is 1.00. The number of halogens is 3. The van der Waals surface area contributed by atoms with Gasteiger partial charge in [-0.1, -0.05) is 0 Å². The Morgan fingerprint density at radius 2 is 1.62 bits per heavy atom. The summed E-state index contributed by atoms with van der Waals surface area (Å²) in [7, 11) is 0. The normalized spacial score (nSPS) is 24.4. The van der Waals surface area contributed by atoms with E-state index in [0.717, 1.165) is 6.61 Å². The summed E-state index contributed by atoms with van der Waals surface area (Å²) in [6.45, 7) is 1.32. The molecule has 1 aliphatic heterocycles. The molecule has 50 valence electrons. The van der Waals surface area contributed by atoms with Crippen LogP contribution in [0.3, 0.4) is 0 Å². The van der Waals surface area contributed by atoms with Gasteiger partial charge in [-0.2, -0.15) is 0 Å². The highest BCUT2D eigenvalue weighted by Gasteiger charge is 2.13. The van der Waals surface area contributed by atoms with Crippen LogP contribution in [0.2, 0.25) is 0 Å². The Kier molecular flexibility index (Phi) is 5.52. The molecule has 0 aromatic heterocycles. The largest absolute Gasteiger partial charge is 0.373 e. The van der Waals surface area contributed by atoms with E-state index < -0.39 is 6.73 Å². The maximum absolute atomic E-state index is 4.94. The Morgan fingerprint density at radius 1 is 1.50 bits per heavy atom. The average Bonchev–Trinajstić information content (AvgIpc) is 2.19. The fourth-order valence-electron chi connectivity index (χ4n) is 0.0962. The highest BCUT2D eigenvalue weighted by atomic mass is 35.8. The van der Waals surface area contributed by atoms with Gasteiger partial charge in [-0.05, 0) is 6.92 Å². The van der Waals surface area contributed by atoms with E-state index in [1.165, 1.54) is 0 Å². The molecule has 1 unspecified atom stereocenters. The lowest BCUT2D eigenvalue weighted by Gasteiger charge is -1.65. The Labute approximate surface area is 64.6 Å². The van der Waals surface area contributed by atoms with Crippen molar-refractivity contribution in [3.8, 4) is 0 Å².